The number of carbonyl (C=O) groups excluding carboxylic acids is 1. The summed E-state index contributed by atoms with van der Waals surface area (Å²) in [5, 5.41) is 3.71. The van der Waals surface area contributed by atoms with Gasteiger partial charge in [-0.05, 0) is 54.8 Å². The Hall–Kier alpha value is -2.08. The van der Waals surface area contributed by atoms with E-state index in [1.165, 1.54) is 5.56 Å². The van der Waals surface area contributed by atoms with Crippen molar-refractivity contribution in [3.63, 3.8) is 0 Å². The molecular formula is C22H27ClN2O3. The van der Waals surface area contributed by atoms with Crippen LogP contribution < -0.4 is 10.1 Å². The average Bonchev–Trinajstić information content (AvgIpc) is 2.71. The number of hydrogen-bond acceptors (Lipinski definition) is 4. The summed E-state index contributed by atoms with van der Waals surface area (Å²) in [6, 6.07) is 13.7. The van der Waals surface area contributed by atoms with Gasteiger partial charge in [0.25, 0.3) is 5.91 Å². The quantitative estimate of drug-likeness (QED) is 0.769. The summed E-state index contributed by atoms with van der Waals surface area (Å²) in [6.45, 7) is 7.66. The maximum absolute atomic E-state index is 12.3. The molecule has 1 N–H and O–H groups in total. The van der Waals surface area contributed by atoms with Gasteiger partial charge in [0, 0.05) is 24.7 Å². The largest absolute Gasteiger partial charge is 0.484 e. The van der Waals surface area contributed by atoms with Crippen molar-refractivity contribution in [2.75, 3.05) is 39.5 Å². The van der Waals surface area contributed by atoms with E-state index in [9.17, 15) is 4.79 Å². The molecule has 0 unspecified atom stereocenters. The standard InChI is InChI=1S/C22H27ClN2O3/c1-16-3-8-20(13-17(16)2)28-15-22(26)24-14-21(25-9-11-27-12-10-25)18-4-6-19(23)7-5-18/h3-8,13,21H,9-12,14-15H2,1-2H3,(H,24,26)/t21-/m0/s1. The van der Waals surface area contributed by atoms with Crippen LogP contribution in [0.5, 0.6) is 5.75 Å². The zero-order valence-electron chi connectivity index (χ0n) is 16.4. The second-order valence-electron chi connectivity index (χ2n) is 7.05. The Morgan fingerprint density at radius 2 is 1.86 bits per heavy atom. The van der Waals surface area contributed by atoms with E-state index in [4.69, 9.17) is 21.1 Å². The summed E-state index contributed by atoms with van der Waals surface area (Å²) in [7, 11) is 0. The Kier molecular flexibility index (Phi) is 7.31. The molecule has 0 bridgehead atoms. The normalized spacial score (nSPS) is 15.8. The minimum Gasteiger partial charge on any atom is -0.484 e. The van der Waals surface area contributed by atoms with Crippen LogP contribution in [0, 0.1) is 13.8 Å². The molecule has 2 aromatic rings. The first-order valence-corrected chi connectivity index (χ1v) is 9.95. The number of nitrogens with one attached hydrogen (secondary N) is 1. The molecule has 0 radical (unpaired) electrons. The average molecular weight is 403 g/mol. The van der Waals surface area contributed by atoms with Gasteiger partial charge in [0.2, 0.25) is 0 Å². The van der Waals surface area contributed by atoms with Crippen molar-refractivity contribution in [3.8, 4) is 5.75 Å². The van der Waals surface area contributed by atoms with Crippen LogP contribution in [0.15, 0.2) is 42.5 Å². The number of hydrogen-bond donors (Lipinski definition) is 1. The number of morpholine rings is 1. The fraction of sp³-hybridized carbons (Fsp3) is 0.409. The van der Waals surface area contributed by atoms with Crippen LogP contribution in [0.2, 0.25) is 5.02 Å². The number of nitrogens with zero attached hydrogens (tertiary/aromatic N) is 1. The summed E-state index contributed by atoms with van der Waals surface area (Å²) in [5.74, 6) is 0.575. The number of amides is 1. The first-order chi connectivity index (χ1) is 13.5. The summed E-state index contributed by atoms with van der Waals surface area (Å²) in [6.07, 6.45) is 0. The van der Waals surface area contributed by atoms with Crippen molar-refractivity contribution in [1.29, 1.82) is 0 Å². The van der Waals surface area contributed by atoms with E-state index in [0.29, 0.717) is 30.5 Å². The molecule has 5 nitrogen and oxygen atoms in total. The molecule has 150 valence electrons. The highest BCUT2D eigenvalue weighted by atomic mass is 35.5. The number of halogens is 1. The van der Waals surface area contributed by atoms with Crippen LogP contribution in [0.1, 0.15) is 22.7 Å². The maximum Gasteiger partial charge on any atom is 0.258 e. The second kappa shape index (κ2) is 9.92. The van der Waals surface area contributed by atoms with E-state index in [1.54, 1.807) is 0 Å². The van der Waals surface area contributed by atoms with Gasteiger partial charge in [-0.3, -0.25) is 9.69 Å². The Morgan fingerprint density at radius 3 is 2.54 bits per heavy atom. The molecular weight excluding hydrogens is 376 g/mol. The first-order valence-electron chi connectivity index (χ1n) is 9.57. The third-order valence-electron chi connectivity index (χ3n) is 5.08. The van der Waals surface area contributed by atoms with Crippen LogP contribution in [-0.2, 0) is 9.53 Å². The Balaban J connectivity index is 1.58. The monoisotopic (exact) mass is 402 g/mol. The van der Waals surface area contributed by atoms with E-state index in [2.05, 4.69) is 10.2 Å². The van der Waals surface area contributed by atoms with E-state index in [-0.39, 0.29) is 18.6 Å². The number of benzene rings is 2. The highest BCUT2D eigenvalue weighted by Crippen LogP contribution is 2.23. The summed E-state index contributed by atoms with van der Waals surface area (Å²) < 4.78 is 11.1. The van der Waals surface area contributed by atoms with Crippen LogP contribution >= 0.6 is 11.6 Å². The molecule has 0 aromatic heterocycles. The number of aryl methyl sites for hydroxylation is 2. The van der Waals surface area contributed by atoms with Crippen molar-refractivity contribution in [1.82, 2.24) is 10.2 Å². The number of rotatable bonds is 7. The lowest BCUT2D eigenvalue weighted by Crippen LogP contribution is -2.44. The molecule has 1 fully saturated rings. The van der Waals surface area contributed by atoms with Crippen molar-refractivity contribution < 1.29 is 14.3 Å². The van der Waals surface area contributed by atoms with E-state index in [0.717, 1.165) is 24.2 Å². The Bertz CT molecular complexity index is 789. The summed E-state index contributed by atoms with van der Waals surface area (Å²) in [4.78, 5) is 14.7. The molecule has 1 aliphatic heterocycles. The van der Waals surface area contributed by atoms with Gasteiger partial charge in [-0.15, -0.1) is 0 Å². The molecule has 28 heavy (non-hydrogen) atoms. The predicted molar refractivity (Wildman–Crippen MR) is 111 cm³/mol. The minimum absolute atomic E-state index is 0.00104. The third kappa shape index (κ3) is 5.71. The molecule has 1 aliphatic rings. The lowest BCUT2D eigenvalue weighted by molar-refractivity contribution is -0.123. The van der Waals surface area contributed by atoms with Gasteiger partial charge in [0.05, 0.1) is 19.3 Å². The molecule has 1 amide bonds. The molecule has 1 atom stereocenters. The second-order valence-corrected chi connectivity index (χ2v) is 7.49. The molecule has 0 aliphatic carbocycles. The third-order valence-corrected chi connectivity index (χ3v) is 5.33. The minimum atomic E-state index is -0.134. The van der Waals surface area contributed by atoms with Gasteiger partial charge in [-0.2, -0.15) is 0 Å². The smallest absolute Gasteiger partial charge is 0.258 e. The summed E-state index contributed by atoms with van der Waals surface area (Å²) in [5.41, 5.74) is 3.47. The fourth-order valence-electron chi connectivity index (χ4n) is 3.25. The maximum atomic E-state index is 12.3. The highest BCUT2D eigenvalue weighted by Gasteiger charge is 2.23. The van der Waals surface area contributed by atoms with Crippen molar-refractivity contribution in [2.45, 2.75) is 19.9 Å². The molecule has 3 rings (SSSR count). The molecule has 1 heterocycles. The molecule has 6 heteroatoms. The van der Waals surface area contributed by atoms with E-state index in [1.807, 2.05) is 56.3 Å². The van der Waals surface area contributed by atoms with Crippen LogP contribution in [0.25, 0.3) is 0 Å². The van der Waals surface area contributed by atoms with E-state index >= 15 is 0 Å². The lowest BCUT2D eigenvalue weighted by atomic mass is 10.0. The zero-order valence-corrected chi connectivity index (χ0v) is 17.2. The lowest BCUT2D eigenvalue weighted by Gasteiger charge is -2.35. The van der Waals surface area contributed by atoms with Crippen LogP contribution in [0.3, 0.4) is 0 Å². The number of carbonyl (C=O) groups is 1. The topological polar surface area (TPSA) is 50.8 Å². The number of ether oxygens (including phenoxy) is 2. The fourth-order valence-corrected chi connectivity index (χ4v) is 3.37. The van der Waals surface area contributed by atoms with Gasteiger partial charge in [0.15, 0.2) is 6.61 Å². The van der Waals surface area contributed by atoms with Crippen molar-refractivity contribution >= 4 is 17.5 Å². The Labute approximate surface area is 171 Å². The van der Waals surface area contributed by atoms with Gasteiger partial charge < -0.3 is 14.8 Å². The van der Waals surface area contributed by atoms with Crippen LogP contribution in [-0.4, -0.2) is 50.3 Å². The van der Waals surface area contributed by atoms with E-state index < -0.39 is 0 Å². The van der Waals surface area contributed by atoms with Gasteiger partial charge in [-0.25, -0.2) is 0 Å². The van der Waals surface area contributed by atoms with Gasteiger partial charge >= 0.3 is 0 Å². The Morgan fingerprint density at radius 1 is 1.14 bits per heavy atom. The molecule has 2 aromatic carbocycles. The predicted octanol–water partition coefficient (Wildman–Crippen LogP) is 3.53. The molecule has 0 saturated carbocycles. The molecule has 1 saturated heterocycles. The van der Waals surface area contributed by atoms with Gasteiger partial charge in [0.1, 0.15) is 5.75 Å². The first kappa shape index (κ1) is 20.6. The van der Waals surface area contributed by atoms with Crippen molar-refractivity contribution in [3.05, 3.63) is 64.2 Å². The summed E-state index contributed by atoms with van der Waals surface area (Å²) >= 11 is 6.03. The highest BCUT2D eigenvalue weighted by molar-refractivity contribution is 6.30. The van der Waals surface area contributed by atoms with Gasteiger partial charge in [-0.1, -0.05) is 29.8 Å². The molecule has 0 spiro atoms. The van der Waals surface area contributed by atoms with Crippen molar-refractivity contribution in [2.24, 2.45) is 0 Å². The van der Waals surface area contributed by atoms with Crippen LogP contribution in [0.4, 0.5) is 0 Å². The zero-order chi connectivity index (χ0) is 19.9. The SMILES string of the molecule is Cc1ccc(OCC(=O)NC[C@@H](c2ccc(Cl)cc2)N2CCOCC2)cc1C.